The number of hydrogen-bond acceptors (Lipinski definition) is 4. The number of nitrogens with two attached hydrogens (primary N) is 1. The van der Waals surface area contributed by atoms with Crippen LogP contribution in [0.4, 0.5) is 11.4 Å². The zero-order valence-corrected chi connectivity index (χ0v) is 11.9. The average Bonchev–Trinajstić information content (AvgIpc) is 2.53. The van der Waals surface area contributed by atoms with Crippen LogP contribution < -0.4 is 11.1 Å². The largest absolute Gasteiger partial charge is 0.366 e. The van der Waals surface area contributed by atoms with Crippen LogP contribution in [0.3, 0.4) is 0 Å². The minimum atomic E-state index is -0.556. The molecule has 0 bridgehead atoms. The summed E-state index contributed by atoms with van der Waals surface area (Å²) >= 11 is 0. The smallest absolute Gasteiger partial charge is 0.276 e. The summed E-state index contributed by atoms with van der Waals surface area (Å²) in [5, 5.41) is 13.5. The maximum atomic E-state index is 11.8. The zero-order valence-electron chi connectivity index (χ0n) is 11.9. The Bertz CT molecular complexity index is 782. The minimum absolute atomic E-state index is 0.0811. The molecule has 0 unspecified atom stereocenters. The van der Waals surface area contributed by atoms with Crippen LogP contribution >= 0.6 is 0 Å². The van der Waals surface area contributed by atoms with Gasteiger partial charge in [-0.15, -0.1) is 0 Å². The van der Waals surface area contributed by atoms with Gasteiger partial charge in [0.05, 0.1) is 10.5 Å². The number of nitro benzene ring substituents is 1. The molecule has 0 aliphatic rings. The molecule has 0 saturated carbocycles. The van der Waals surface area contributed by atoms with Gasteiger partial charge < -0.3 is 11.1 Å². The van der Waals surface area contributed by atoms with Crippen molar-refractivity contribution in [1.29, 1.82) is 0 Å². The molecule has 2 aromatic carbocycles. The number of nitrogens with zero attached hydrogens (tertiary/aromatic N) is 1. The Morgan fingerprint density at radius 3 is 2.35 bits per heavy atom. The van der Waals surface area contributed by atoms with Crippen molar-refractivity contribution in [2.45, 2.75) is 0 Å². The van der Waals surface area contributed by atoms with Gasteiger partial charge in [-0.3, -0.25) is 19.7 Å². The average molecular weight is 311 g/mol. The van der Waals surface area contributed by atoms with Gasteiger partial charge in [-0.25, -0.2) is 0 Å². The molecule has 0 aliphatic carbocycles. The molecule has 0 fully saturated rings. The van der Waals surface area contributed by atoms with E-state index in [-0.39, 0.29) is 5.69 Å². The number of nitrogens with one attached hydrogen (secondary N) is 1. The minimum Gasteiger partial charge on any atom is -0.366 e. The van der Waals surface area contributed by atoms with E-state index < -0.39 is 16.7 Å². The van der Waals surface area contributed by atoms with Gasteiger partial charge in [-0.2, -0.15) is 0 Å². The molecule has 0 aliphatic heterocycles. The van der Waals surface area contributed by atoms with Crippen LogP contribution in [-0.2, 0) is 4.79 Å². The standard InChI is InChI=1S/C16H13N3O4/c17-16(21)12-5-8-13(9-6-12)18-15(20)10-7-11-3-1-2-4-14(11)19(22)23/h1-10H,(H2,17,21)(H,18,20). The van der Waals surface area contributed by atoms with E-state index in [9.17, 15) is 19.7 Å². The van der Waals surface area contributed by atoms with Gasteiger partial charge in [-0.05, 0) is 36.4 Å². The van der Waals surface area contributed by atoms with Crippen molar-refractivity contribution in [2.24, 2.45) is 5.73 Å². The molecule has 3 N–H and O–H groups in total. The third kappa shape index (κ3) is 4.24. The zero-order chi connectivity index (χ0) is 16.8. The number of primary amides is 1. The Kier molecular flexibility index (Phi) is 4.83. The number of amides is 2. The fourth-order valence-corrected chi connectivity index (χ4v) is 1.86. The lowest BCUT2D eigenvalue weighted by Gasteiger charge is -2.03. The van der Waals surface area contributed by atoms with Crippen LogP contribution in [-0.4, -0.2) is 16.7 Å². The van der Waals surface area contributed by atoms with Crippen molar-refractivity contribution in [1.82, 2.24) is 0 Å². The summed E-state index contributed by atoms with van der Waals surface area (Å²) in [7, 11) is 0. The summed E-state index contributed by atoms with van der Waals surface area (Å²) in [5.41, 5.74) is 6.18. The lowest BCUT2D eigenvalue weighted by atomic mass is 10.1. The number of hydrogen-bond donors (Lipinski definition) is 2. The second-order valence-electron chi connectivity index (χ2n) is 4.58. The molecule has 0 heterocycles. The molecule has 0 atom stereocenters. The highest BCUT2D eigenvalue weighted by Crippen LogP contribution is 2.19. The van der Waals surface area contributed by atoms with Crippen molar-refractivity contribution in [2.75, 3.05) is 5.32 Å². The van der Waals surface area contributed by atoms with E-state index in [1.807, 2.05) is 0 Å². The number of anilines is 1. The fourth-order valence-electron chi connectivity index (χ4n) is 1.86. The summed E-state index contributed by atoms with van der Waals surface area (Å²) < 4.78 is 0. The third-order valence-electron chi connectivity index (χ3n) is 2.98. The number of rotatable bonds is 5. The molecule has 2 rings (SSSR count). The summed E-state index contributed by atoms with van der Waals surface area (Å²) in [6.45, 7) is 0. The first-order valence-corrected chi connectivity index (χ1v) is 6.60. The van der Waals surface area contributed by atoms with Crippen molar-refractivity contribution < 1.29 is 14.5 Å². The predicted molar refractivity (Wildman–Crippen MR) is 85.7 cm³/mol. The predicted octanol–water partition coefficient (Wildman–Crippen LogP) is 2.35. The Balaban J connectivity index is 2.07. The number of nitro groups is 1. The van der Waals surface area contributed by atoms with E-state index in [4.69, 9.17) is 5.73 Å². The first-order valence-electron chi connectivity index (χ1n) is 6.60. The van der Waals surface area contributed by atoms with Gasteiger partial charge in [-0.1, -0.05) is 12.1 Å². The number of para-hydroxylation sites is 1. The summed E-state index contributed by atoms with van der Waals surface area (Å²) in [4.78, 5) is 33.1. The Morgan fingerprint density at radius 2 is 1.74 bits per heavy atom. The van der Waals surface area contributed by atoms with Crippen molar-refractivity contribution in [3.63, 3.8) is 0 Å². The van der Waals surface area contributed by atoms with Crippen LogP contribution in [0.2, 0.25) is 0 Å². The lowest BCUT2D eigenvalue weighted by Crippen LogP contribution is -2.11. The first kappa shape index (κ1) is 15.9. The van der Waals surface area contributed by atoms with E-state index in [1.165, 1.54) is 42.5 Å². The van der Waals surface area contributed by atoms with Crippen LogP contribution in [0.1, 0.15) is 15.9 Å². The second kappa shape index (κ2) is 6.99. The number of carbonyl (C=O) groups is 2. The number of carbonyl (C=O) groups excluding carboxylic acids is 2. The highest BCUT2D eigenvalue weighted by atomic mass is 16.6. The molecular formula is C16H13N3O4. The fraction of sp³-hybridized carbons (Fsp3) is 0. The Labute approximate surface area is 131 Å². The Morgan fingerprint density at radius 1 is 1.09 bits per heavy atom. The topological polar surface area (TPSA) is 115 Å². The van der Waals surface area contributed by atoms with Crippen LogP contribution in [0.15, 0.2) is 54.6 Å². The molecule has 116 valence electrons. The van der Waals surface area contributed by atoms with Crippen molar-refractivity contribution in [3.8, 4) is 0 Å². The molecule has 0 saturated heterocycles. The molecule has 23 heavy (non-hydrogen) atoms. The normalized spacial score (nSPS) is 10.4. The van der Waals surface area contributed by atoms with Crippen molar-refractivity contribution >= 4 is 29.3 Å². The molecule has 0 radical (unpaired) electrons. The summed E-state index contributed by atoms with van der Waals surface area (Å²) in [6, 6.07) is 12.2. The molecule has 2 aromatic rings. The highest BCUT2D eigenvalue weighted by molar-refractivity contribution is 6.02. The summed E-state index contributed by atoms with van der Waals surface area (Å²) in [6.07, 6.45) is 2.57. The molecular weight excluding hydrogens is 298 g/mol. The van der Waals surface area contributed by atoms with Crippen LogP contribution in [0.5, 0.6) is 0 Å². The highest BCUT2D eigenvalue weighted by Gasteiger charge is 2.09. The quantitative estimate of drug-likeness (QED) is 0.501. The maximum absolute atomic E-state index is 11.8. The number of benzene rings is 2. The van der Waals surface area contributed by atoms with Gasteiger partial charge in [0.2, 0.25) is 11.8 Å². The monoisotopic (exact) mass is 311 g/mol. The second-order valence-corrected chi connectivity index (χ2v) is 4.58. The van der Waals surface area contributed by atoms with Crippen LogP contribution in [0.25, 0.3) is 6.08 Å². The van der Waals surface area contributed by atoms with Gasteiger partial charge in [0.1, 0.15) is 0 Å². The van der Waals surface area contributed by atoms with Gasteiger partial charge in [0.15, 0.2) is 0 Å². The van der Waals surface area contributed by atoms with Gasteiger partial charge in [0, 0.05) is 23.4 Å². The molecule has 2 amide bonds. The van der Waals surface area contributed by atoms with Gasteiger partial charge in [0.25, 0.3) is 5.69 Å². The van der Waals surface area contributed by atoms with E-state index in [0.717, 1.165) is 0 Å². The van der Waals surface area contributed by atoms with Crippen molar-refractivity contribution in [3.05, 3.63) is 75.8 Å². The SMILES string of the molecule is NC(=O)c1ccc(NC(=O)C=Cc2ccccc2[N+](=O)[O-])cc1. The van der Waals surface area contributed by atoms with Crippen LogP contribution in [0, 0.1) is 10.1 Å². The summed E-state index contributed by atoms with van der Waals surface area (Å²) in [5.74, 6) is -1.01. The van der Waals surface area contributed by atoms with E-state index in [2.05, 4.69) is 5.32 Å². The maximum Gasteiger partial charge on any atom is 0.276 e. The van der Waals surface area contributed by atoms with Gasteiger partial charge >= 0.3 is 0 Å². The molecule has 0 spiro atoms. The Hall–Kier alpha value is -3.48. The molecule has 7 heteroatoms. The lowest BCUT2D eigenvalue weighted by molar-refractivity contribution is -0.385. The van der Waals surface area contributed by atoms with E-state index in [1.54, 1.807) is 18.2 Å². The molecule has 0 aromatic heterocycles. The third-order valence-corrected chi connectivity index (χ3v) is 2.98. The molecule has 7 nitrogen and oxygen atoms in total. The van der Waals surface area contributed by atoms with E-state index in [0.29, 0.717) is 16.8 Å². The first-order chi connectivity index (χ1) is 11.0. The van der Waals surface area contributed by atoms with E-state index >= 15 is 0 Å².